The number of nitrogens with zero attached hydrogens (tertiary/aromatic N) is 3. The minimum absolute atomic E-state index is 0.410. The van der Waals surface area contributed by atoms with Crippen LogP contribution in [0.15, 0.2) is 40.5 Å². The van der Waals surface area contributed by atoms with Gasteiger partial charge in [-0.25, -0.2) is 0 Å². The first-order valence-corrected chi connectivity index (χ1v) is 5.80. The second-order valence-corrected chi connectivity index (χ2v) is 4.31. The minimum atomic E-state index is 0.410. The summed E-state index contributed by atoms with van der Waals surface area (Å²) in [4.78, 5) is 9.19. The van der Waals surface area contributed by atoms with Crippen LogP contribution in [0.4, 0.5) is 5.69 Å². The Kier molecular flexibility index (Phi) is 2.34. The van der Waals surface area contributed by atoms with E-state index in [1.54, 1.807) is 29.8 Å². The number of nitrogens with two attached hydrogens (primary N) is 1. The third kappa shape index (κ3) is 1.78. The fourth-order valence-corrected chi connectivity index (χ4v) is 2.09. The lowest BCUT2D eigenvalue weighted by atomic mass is 10.2. The summed E-state index contributed by atoms with van der Waals surface area (Å²) in [5.41, 5.74) is 7.02. The SMILES string of the molecule is Nc1cnccc1-c1nc(-c2cccs2)no1. The van der Waals surface area contributed by atoms with Crippen molar-refractivity contribution in [1.82, 2.24) is 15.1 Å². The highest BCUT2D eigenvalue weighted by Crippen LogP contribution is 2.27. The van der Waals surface area contributed by atoms with Gasteiger partial charge in [0.25, 0.3) is 5.89 Å². The summed E-state index contributed by atoms with van der Waals surface area (Å²) in [6.45, 7) is 0. The van der Waals surface area contributed by atoms with Gasteiger partial charge in [-0.1, -0.05) is 11.2 Å². The minimum Gasteiger partial charge on any atom is -0.397 e. The molecular formula is C11H8N4OS. The maximum atomic E-state index is 5.79. The molecule has 84 valence electrons. The Hall–Kier alpha value is -2.21. The third-order valence-electron chi connectivity index (χ3n) is 2.25. The molecule has 0 radical (unpaired) electrons. The summed E-state index contributed by atoms with van der Waals surface area (Å²) in [5.74, 6) is 0.986. The lowest BCUT2D eigenvalue weighted by Gasteiger charge is -1.96. The maximum Gasteiger partial charge on any atom is 0.260 e. The lowest BCUT2D eigenvalue weighted by molar-refractivity contribution is 0.432. The van der Waals surface area contributed by atoms with Crippen LogP contribution in [-0.2, 0) is 0 Å². The average Bonchev–Trinajstić information content (AvgIpc) is 3.00. The van der Waals surface area contributed by atoms with Crippen LogP contribution in [0.25, 0.3) is 22.2 Å². The monoisotopic (exact) mass is 244 g/mol. The molecule has 2 N–H and O–H groups in total. The van der Waals surface area contributed by atoms with Crippen molar-refractivity contribution < 1.29 is 4.52 Å². The van der Waals surface area contributed by atoms with E-state index in [1.165, 1.54) is 0 Å². The van der Waals surface area contributed by atoms with Gasteiger partial charge in [0.05, 0.1) is 22.3 Å². The zero-order chi connectivity index (χ0) is 11.7. The van der Waals surface area contributed by atoms with Crippen LogP contribution < -0.4 is 5.73 Å². The number of aromatic nitrogens is 3. The van der Waals surface area contributed by atoms with Gasteiger partial charge in [0.1, 0.15) is 0 Å². The standard InChI is InChI=1S/C11H8N4OS/c12-8-6-13-4-3-7(8)11-14-10(15-16-11)9-2-1-5-17-9/h1-6H,12H2. The first-order valence-electron chi connectivity index (χ1n) is 4.92. The molecule has 6 heteroatoms. The molecular weight excluding hydrogens is 236 g/mol. The van der Waals surface area contributed by atoms with Crippen LogP contribution in [0, 0.1) is 0 Å². The van der Waals surface area contributed by atoms with Crippen LogP contribution in [0.5, 0.6) is 0 Å². The average molecular weight is 244 g/mol. The Balaban J connectivity index is 2.04. The summed E-state index contributed by atoms with van der Waals surface area (Å²) in [7, 11) is 0. The zero-order valence-corrected chi connectivity index (χ0v) is 9.52. The number of hydrogen-bond donors (Lipinski definition) is 1. The molecule has 3 heterocycles. The van der Waals surface area contributed by atoms with Crippen LogP contribution >= 0.6 is 11.3 Å². The highest BCUT2D eigenvalue weighted by atomic mass is 32.1. The highest BCUT2D eigenvalue weighted by Gasteiger charge is 2.13. The normalized spacial score (nSPS) is 10.6. The van der Waals surface area contributed by atoms with Gasteiger partial charge >= 0.3 is 0 Å². The van der Waals surface area contributed by atoms with Crippen LogP contribution in [0.3, 0.4) is 0 Å². The van der Waals surface area contributed by atoms with Crippen molar-refractivity contribution in [3.8, 4) is 22.2 Å². The second kappa shape index (κ2) is 3.99. The fourth-order valence-electron chi connectivity index (χ4n) is 1.44. The first kappa shape index (κ1) is 9.98. The van der Waals surface area contributed by atoms with E-state index < -0.39 is 0 Å². The van der Waals surface area contributed by atoms with Gasteiger partial charge < -0.3 is 10.3 Å². The summed E-state index contributed by atoms with van der Waals surface area (Å²) in [6.07, 6.45) is 3.20. The predicted molar refractivity (Wildman–Crippen MR) is 65.3 cm³/mol. The number of rotatable bonds is 2. The lowest BCUT2D eigenvalue weighted by Crippen LogP contribution is -1.90. The molecule has 3 rings (SSSR count). The van der Waals surface area contributed by atoms with Crippen LogP contribution in [-0.4, -0.2) is 15.1 Å². The van der Waals surface area contributed by atoms with Crippen molar-refractivity contribution in [3.63, 3.8) is 0 Å². The largest absolute Gasteiger partial charge is 0.397 e. The number of nitrogen functional groups attached to an aromatic ring is 1. The summed E-state index contributed by atoms with van der Waals surface area (Å²) in [5, 5.41) is 5.89. The van der Waals surface area contributed by atoms with Crippen LogP contribution in [0.2, 0.25) is 0 Å². The molecule has 5 nitrogen and oxygen atoms in total. The summed E-state index contributed by atoms with van der Waals surface area (Å²) >= 11 is 1.56. The molecule has 0 saturated heterocycles. The molecule has 0 aliphatic rings. The zero-order valence-electron chi connectivity index (χ0n) is 8.70. The van der Waals surface area contributed by atoms with Crippen molar-refractivity contribution in [2.24, 2.45) is 0 Å². The van der Waals surface area contributed by atoms with Crippen molar-refractivity contribution in [2.75, 3.05) is 5.73 Å². The third-order valence-corrected chi connectivity index (χ3v) is 3.12. The molecule has 0 aromatic carbocycles. The molecule has 0 fully saturated rings. The van der Waals surface area contributed by atoms with Crippen molar-refractivity contribution >= 4 is 17.0 Å². The van der Waals surface area contributed by atoms with E-state index in [2.05, 4.69) is 15.1 Å². The molecule has 0 bridgehead atoms. The molecule has 0 spiro atoms. The van der Waals surface area contributed by atoms with Gasteiger partial charge in [-0.2, -0.15) is 4.98 Å². The number of hydrogen-bond acceptors (Lipinski definition) is 6. The van der Waals surface area contributed by atoms with E-state index in [4.69, 9.17) is 10.3 Å². The molecule has 17 heavy (non-hydrogen) atoms. The van der Waals surface area contributed by atoms with E-state index in [0.717, 1.165) is 4.88 Å². The van der Waals surface area contributed by atoms with Crippen molar-refractivity contribution in [1.29, 1.82) is 0 Å². The Morgan fingerprint density at radius 1 is 1.29 bits per heavy atom. The van der Waals surface area contributed by atoms with Gasteiger partial charge in [-0.05, 0) is 17.5 Å². The highest BCUT2D eigenvalue weighted by molar-refractivity contribution is 7.13. The molecule has 0 amide bonds. The molecule has 0 aliphatic carbocycles. The number of pyridine rings is 1. The van der Waals surface area contributed by atoms with Gasteiger partial charge in [-0.15, -0.1) is 11.3 Å². The van der Waals surface area contributed by atoms with E-state index in [9.17, 15) is 0 Å². The molecule has 3 aromatic heterocycles. The first-order chi connectivity index (χ1) is 8.34. The molecule has 0 atom stereocenters. The van der Waals surface area contributed by atoms with E-state index in [-0.39, 0.29) is 0 Å². The smallest absolute Gasteiger partial charge is 0.260 e. The Morgan fingerprint density at radius 2 is 2.24 bits per heavy atom. The van der Waals surface area contributed by atoms with E-state index in [1.807, 2.05) is 17.5 Å². The predicted octanol–water partition coefficient (Wildman–Crippen LogP) is 2.44. The van der Waals surface area contributed by atoms with Crippen LogP contribution in [0.1, 0.15) is 0 Å². The quantitative estimate of drug-likeness (QED) is 0.749. The van der Waals surface area contributed by atoms with Crippen molar-refractivity contribution in [3.05, 3.63) is 36.0 Å². The number of anilines is 1. The van der Waals surface area contributed by atoms with Gasteiger partial charge in [0.15, 0.2) is 0 Å². The van der Waals surface area contributed by atoms with E-state index in [0.29, 0.717) is 23.0 Å². The summed E-state index contributed by atoms with van der Waals surface area (Å²) in [6, 6.07) is 5.63. The molecule has 0 aliphatic heterocycles. The van der Waals surface area contributed by atoms with E-state index >= 15 is 0 Å². The Morgan fingerprint density at radius 3 is 3.00 bits per heavy atom. The van der Waals surface area contributed by atoms with Gasteiger partial charge in [0.2, 0.25) is 5.82 Å². The Bertz CT molecular complexity index is 632. The molecule has 0 saturated carbocycles. The topological polar surface area (TPSA) is 77.8 Å². The second-order valence-electron chi connectivity index (χ2n) is 3.36. The molecule has 0 unspecified atom stereocenters. The summed E-state index contributed by atoms with van der Waals surface area (Å²) < 4.78 is 5.19. The fraction of sp³-hybridized carbons (Fsp3) is 0. The Labute approximate surface area is 101 Å². The van der Waals surface area contributed by atoms with Crippen molar-refractivity contribution in [2.45, 2.75) is 0 Å². The maximum absolute atomic E-state index is 5.79. The number of thiophene rings is 1. The van der Waals surface area contributed by atoms with Gasteiger partial charge in [-0.3, -0.25) is 4.98 Å². The van der Waals surface area contributed by atoms with Gasteiger partial charge in [0, 0.05) is 6.20 Å². The molecule has 3 aromatic rings.